The summed E-state index contributed by atoms with van der Waals surface area (Å²) in [6, 6.07) is 16.5. The Hall–Kier alpha value is -2.33. The molecular formula is C18H19NO3. The van der Waals surface area contributed by atoms with Crippen LogP contribution in [0.1, 0.15) is 30.1 Å². The van der Waals surface area contributed by atoms with Crippen molar-refractivity contribution in [2.45, 2.75) is 25.0 Å². The molecule has 4 heteroatoms. The molecule has 1 heterocycles. The number of carbonyl (C=O) groups excluding carboxylic acids is 1. The lowest BCUT2D eigenvalue weighted by Crippen LogP contribution is -2.46. The van der Waals surface area contributed by atoms with Gasteiger partial charge in [-0.25, -0.2) is 0 Å². The average molecular weight is 297 g/mol. The number of ether oxygens (including phenoxy) is 1. The molecule has 0 fully saturated rings. The van der Waals surface area contributed by atoms with Crippen molar-refractivity contribution in [3.8, 4) is 5.75 Å². The predicted octanol–water partition coefficient (Wildman–Crippen LogP) is 2.40. The molecule has 0 radical (unpaired) electrons. The summed E-state index contributed by atoms with van der Waals surface area (Å²) in [5.74, 6) is 0.292. The van der Waals surface area contributed by atoms with E-state index in [1.807, 2.05) is 61.5 Å². The molecule has 3 rings (SSSR count). The zero-order valence-electron chi connectivity index (χ0n) is 12.4. The van der Waals surface area contributed by atoms with E-state index in [0.29, 0.717) is 11.3 Å². The van der Waals surface area contributed by atoms with Gasteiger partial charge in [-0.1, -0.05) is 48.5 Å². The minimum absolute atomic E-state index is 0.113. The second kappa shape index (κ2) is 6.20. The van der Waals surface area contributed by atoms with Crippen LogP contribution in [0.15, 0.2) is 54.6 Å². The number of aliphatic hydroxyl groups is 1. The van der Waals surface area contributed by atoms with Crippen LogP contribution in [-0.2, 0) is 4.79 Å². The Morgan fingerprint density at radius 2 is 1.86 bits per heavy atom. The first-order valence-corrected chi connectivity index (χ1v) is 7.42. The van der Waals surface area contributed by atoms with E-state index in [2.05, 4.69) is 5.32 Å². The summed E-state index contributed by atoms with van der Waals surface area (Å²) in [6.45, 7) is 2.13. The number of hydrogen-bond acceptors (Lipinski definition) is 3. The van der Waals surface area contributed by atoms with Crippen LogP contribution >= 0.6 is 0 Å². The van der Waals surface area contributed by atoms with E-state index in [-0.39, 0.29) is 18.4 Å². The summed E-state index contributed by atoms with van der Waals surface area (Å²) in [5, 5.41) is 13.3. The summed E-state index contributed by atoms with van der Waals surface area (Å²) < 4.78 is 5.62. The smallest absolute Gasteiger partial charge is 0.227 e. The van der Waals surface area contributed by atoms with Gasteiger partial charge < -0.3 is 15.2 Å². The largest absolute Gasteiger partial charge is 0.491 e. The zero-order chi connectivity index (χ0) is 15.5. The van der Waals surface area contributed by atoms with Crippen molar-refractivity contribution in [3.05, 3.63) is 65.7 Å². The Balaban J connectivity index is 1.70. The first kappa shape index (κ1) is 14.6. The van der Waals surface area contributed by atoms with Crippen LogP contribution in [0.25, 0.3) is 0 Å². The molecule has 0 saturated heterocycles. The third-order valence-corrected chi connectivity index (χ3v) is 4.06. The summed E-state index contributed by atoms with van der Waals surface area (Å²) in [6.07, 6.45) is -0.753. The topological polar surface area (TPSA) is 58.6 Å². The summed E-state index contributed by atoms with van der Waals surface area (Å²) in [4.78, 5) is 12.4. The molecule has 0 aliphatic carbocycles. The molecule has 1 aliphatic heterocycles. The van der Waals surface area contributed by atoms with Gasteiger partial charge in [-0.3, -0.25) is 4.79 Å². The fraction of sp³-hybridized carbons (Fsp3) is 0.278. The Morgan fingerprint density at radius 1 is 1.18 bits per heavy atom. The van der Waals surface area contributed by atoms with Crippen molar-refractivity contribution in [1.29, 1.82) is 0 Å². The highest BCUT2D eigenvalue weighted by Gasteiger charge is 2.31. The molecule has 22 heavy (non-hydrogen) atoms. The standard InChI is InChI=1S/C18H19NO3/c1-12(13-7-3-2-4-8-13)18(21)19-15-11-22-16-10-6-5-9-14(16)17(15)20/h2-10,12,15,17,20H,11H2,1H3,(H,19,21)/t12-,15+,17-/m0/s1. The molecule has 2 N–H and O–H groups in total. The Kier molecular flexibility index (Phi) is 4.11. The van der Waals surface area contributed by atoms with Crippen LogP contribution in [0.5, 0.6) is 5.75 Å². The highest BCUT2D eigenvalue weighted by Crippen LogP contribution is 2.31. The minimum atomic E-state index is -0.753. The predicted molar refractivity (Wildman–Crippen MR) is 83.7 cm³/mol. The van der Waals surface area contributed by atoms with Crippen molar-refractivity contribution >= 4 is 5.91 Å². The number of aliphatic hydroxyl groups excluding tert-OH is 1. The van der Waals surface area contributed by atoms with Crippen molar-refractivity contribution in [1.82, 2.24) is 5.32 Å². The van der Waals surface area contributed by atoms with Crippen LogP contribution in [0, 0.1) is 0 Å². The maximum absolute atomic E-state index is 12.4. The van der Waals surface area contributed by atoms with Gasteiger partial charge >= 0.3 is 0 Å². The molecule has 3 atom stereocenters. The van der Waals surface area contributed by atoms with E-state index in [1.165, 1.54) is 0 Å². The third kappa shape index (κ3) is 2.83. The van der Waals surface area contributed by atoms with E-state index < -0.39 is 12.1 Å². The Morgan fingerprint density at radius 3 is 2.64 bits per heavy atom. The molecular weight excluding hydrogens is 278 g/mol. The molecule has 0 unspecified atom stereocenters. The van der Waals surface area contributed by atoms with Crippen LogP contribution in [0.3, 0.4) is 0 Å². The molecule has 4 nitrogen and oxygen atoms in total. The fourth-order valence-electron chi connectivity index (χ4n) is 2.67. The van der Waals surface area contributed by atoms with Crippen molar-refractivity contribution in [3.63, 3.8) is 0 Å². The molecule has 0 saturated carbocycles. The van der Waals surface area contributed by atoms with E-state index in [4.69, 9.17) is 4.74 Å². The van der Waals surface area contributed by atoms with Gasteiger partial charge in [0.25, 0.3) is 0 Å². The minimum Gasteiger partial charge on any atom is -0.491 e. The lowest BCUT2D eigenvalue weighted by Gasteiger charge is -2.31. The second-order valence-electron chi connectivity index (χ2n) is 5.54. The fourth-order valence-corrected chi connectivity index (χ4v) is 2.67. The van der Waals surface area contributed by atoms with Gasteiger partial charge in [0.2, 0.25) is 5.91 Å². The van der Waals surface area contributed by atoms with Crippen LogP contribution in [-0.4, -0.2) is 23.7 Å². The normalized spacial score (nSPS) is 21.4. The molecule has 2 aromatic rings. The number of hydrogen-bond donors (Lipinski definition) is 2. The summed E-state index contributed by atoms with van der Waals surface area (Å²) >= 11 is 0. The SMILES string of the molecule is C[C@H](C(=O)N[C@@H]1COc2ccccc2[C@@H]1O)c1ccccc1. The average Bonchev–Trinajstić information content (AvgIpc) is 2.57. The molecule has 114 valence electrons. The zero-order valence-corrected chi connectivity index (χ0v) is 12.4. The van der Waals surface area contributed by atoms with Crippen LogP contribution < -0.4 is 10.1 Å². The third-order valence-electron chi connectivity index (χ3n) is 4.06. The number of rotatable bonds is 3. The number of benzene rings is 2. The highest BCUT2D eigenvalue weighted by molar-refractivity contribution is 5.83. The molecule has 0 aromatic heterocycles. The van der Waals surface area contributed by atoms with E-state index >= 15 is 0 Å². The number of fused-ring (bicyclic) bond motifs is 1. The maximum atomic E-state index is 12.4. The van der Waals surface area contributed by atoms with E-state index in [0.717, 1.165) is 5.56 Å². The maximum Gasteiger partial charge on any atom is 0.227 e. The van der Waals surface area contributed by atoms with Crippen molar-refractivity contribution < 1.29 is 14.6 Å². The van der Waals surface area contributed by atoms with Gasteiger partial charge in [-0.05, 0) is 18.6 Å². The molecule has 0 bridgehead atoms. The number of para-hydroxylation sites is 1. The van der Waals surface area contributed by atoms with Gasteiger partial charge in [0.1, 0.15) is 18.5 Å². The molecule has 2 aromatic carbocycles. The van der Waals surface area contributed by atoms with Gasteiger partial charge in [0.05, 0.1) is 12.0 Å². The van der Waals surface area contributed by atoms with Crippen molar-refractivity contribution in [2.75, 3.05) is 6.61 Å². The highest BCUT2D eigenvalue weighted by atomic mass is 16.5. The Bertz CT molecular complexity index is 656. The van der Waals surface area contributed by atoms with Gasteiger partial charge in [0.15, 0.2) is 0 Å². The first-order valence-electron chi connectivity index (χ1n) is 7.42. The van der Waals surface area contributed by atoms with Gasteiger partial charge in [-0.15, -0.1) is 0 Å². The van der Waals surface area contributed by atoms with Crippen LogP contribution in [0.4, 0.5) is 0 Å². The number of carbonyl (C=O) groups is 1. The summed E-state index contributed by atoms with van der Waals surface area (Å²) in [7, 11) is 0. The van der Waals surface area contributed by atoms with E-state index in [9.17, 15) is 9.90 Å². The Labute approximate surface area is 129 Å². The number of amides is 1. The van der Waals surface area contributed by atoms with Crippen LogP contribution in [0.2, 0.25) is 0 Å². The van der Waals surface area contributed by atoms with Gasteiger partial charge in [0, 0.05) is 5.56 Å². The monoisotopic (exact) mass is 297 g/mol. The van der Waals surface area contributed by atoms with Gasteiger partial charge in [-0.2, -0.15) is 0 Å². The molecule has 1 aliphatic rings. The number of nitrogens with one attached hydrogen (secondary N) is 1. The lowest BCUT2D eigenvalue weighted by molar-refractivity contribution is -0.124. The molecule has 0 spiro atoms. The quantitative estimate of drug-likeness (QED) is 0.914. The van der Waals surface area contributed by atoms with Crippen molar-refractivity contribution in [2.24, 2.45) is 0 Å². The van der Waals surface area contributed by atoms with E-state index in [1.54, 1.807) is 0 Å². The second-order valence-corrected chi connectivity index (χ2v) is 5.54. The summed E-state index contributed by atoms with van der Waals surface area (Å²) in [5.41, 5.74) is 1.66. The lowest BCUT2D eigenvalue weighted by atomic mass is 9.96. The molecule has 1 amide bonds. The first-order chi connectivity index (χ1) is 10.7.